The second-order valence-electron chi connectivity index (χ2n) is 6.71. The third-order valence-electron chi connectivity index (χ3n) is 4.84. The van der Waals surface area contributed by atoms with E-state index in [-0.39, 0.29) is 17.1 Å². The molecule has 7 nitrogen and oxygen atoms in total. The van der Waals surface area contributed by atoms with Gasteiger partial charge in [0.25, 0.3) is 0 Å². The van der Waals surface area contributed by atoms with Crippen LogP contribution in [-0.2, 0) is 6.18 Å². The van der Waals surface area contributed by atoms with Gasteiger partial charge in [0.15, 0.2) is 0 Å². The van der Waals surface area contributed by atoms with Crippen molar-refractivity contribution in [1.82, 2.24) is 4.90 Å². The molecule has 0 fully saturated rings. The van der Waals surface area contributed by atoms with Crippen molar-refractivity contribution >= 4 is 33.6 Å². The maximum absolute atomic E-state index is 13.2. The van der Waals surface area contributed by atoms with Crippen LogP contribution in [0.25, 0.3) is 0 Å². The number of alkyl halides is 3. The minimum atomic E-state index is -4.59. The van der Waals surface area contributed by atoms with Crippen molar-refractivity contribution in [2.45, 2.75) is 19.1 Å². The van der Waals surface area contributed by atoms with Crippen LogP contribution in [-0.4, -0.2) is 16.9 Å². The number of hydrogen-bond acceptors (Lipinski definition) is 4. The normalized spacial score (nSPS) is 17.0. The number of anilines is 1. The molecular formula is C20H16BrF3N6O. The smallest absolute Gasteiger partial charge is 0.399 e. The number of halogens is 4. The highest BCUT2D eigenvalue weighted by atomic mass is 79.9. The fraction of sp³-hybridized carbons (Fsp3) is 0.150. The van der Waals surface area contributed by atoms with E-state index in [9.17, 15) is 18.0 Å². The van der Waals surface area contributed by atoms with E-state index in [4.69, 9.17) is 22.1 Å². The predicted molar refractivity (Wildman–Crippen MR) is 112 cm³/mol. The second-order valence-corrected chi connectivity index (χ2v) is 7.56. The van der Waals surface area contributed by atoms with Crippen LogP contribution in [0.15, 0.2) is 58.3 Å². The number of nitrogens with two attached hydrogens (primary N) is 2. The molecule has 1 aliphatic rings. The molecule has 3 rings (SSSR count). The molecule has 0 saturated heterocycles. The number of benzene rings is 2. The van der Waals surface area contributed by atoms with Gasteiger partial charge in [-0.15, -0.1) is 0 Å². The fourth-order valence-corrected chi connectivity index (χ4v) is 3.94. The Morgan fingerprint density at radius 1 is 1.26 bits per heavy atom. The molecule has 0 spiro atoms. The summed E-state index contributed by atoms with van der Waals surface area (Å²) in [5.41, 5.74) is 12.1. The van der Waals surface area contributed by atoms with Crippen molar-refractivity contribution < 1.29 is 18.0 Å². The summed E-state index contributed by atoms with van der Waals surface area (Å²) in [6.07, 6.45) is -4.59. The number of nitrogens with one attached hydrogen (secondary N) is 1. The fourth-order valence-electron chi connectivity index (χ4n) is 3.35. The van der Waals surface area contributed by atoms with Crippen molar-refractivity contribution in [2.24, 2.45) is 11.5 Å². The van der Waals surface area contributed by atoms with Gasteiger partial charge in [-0.3, -0.25) is 15.2 Å². The van der Waals surface area contributed by atoms with Crippen molar-refractivity contribution in [3.8, 4) is 6.07 Å². The standard InChI is InChI=1S/C20H16BrF3N6O/c1-10-16(26)17(14-6-5-11(9-25)7-15(14)21)30(19(28)31)18(27)29(10)13-4-2-3-12(8-13)20(22,23)24/h2-8,17,27H,26H2,1H3,(H2,28,31)/t17-/m1/s1. The van der Waals surface area contributed by atoms with E-state index in [2.05, 4.69) is 15.9 Å². The van der Waals surface area contributed by atoms with E-state index < -0.39 is 29.8 Å². The number of nitrogens with zero attached hydrogens (tertiary/aromatic N) is 3. The maximum Gasteiger partial charge on any atom is 0.416 e. The molecule has 0 aliphatic carbocycles. The summed E-state index contributed by atoms with van der Waals surface area (Å²) in [6, 6.07) is 8.93. The van der Waals surface area contributed by atoms with Gasteiger partial charge in [0, 0.05) is 15.9 Å². The highest BCUT2D eigenvalue weighted by molar-refractivity contribution is 9.10. The first-order chi connectivity index (χ1) is 14.5. The SMILES string of the molecule is CC1=C(N)[C@@H](c2ccc(C#N)cc2Br)N(C(N)=O)C(=N)N1c1cccc(C(F)(F)F)c1. The van der Waals surface area contributed by atoms with Crippen LogP contribution in [0.4, 0.5) is 23.7 Å². The molecule has 0 radical (unpaired) electrons. The number of primary amides is 1. The minimum Gasteiger partial charge on any atom is -0.399 e. The van der Waals surface area contributed by atoms with Crippen molar-refractivity contribution in [3.05, 3.63) is 75.0 Å². The molecule has 0 saturated carbocycles. The van der Waals surface area contributed by atoms with Gasteiger partial charge in [-0.2, -0.15) is 18.4 Å². The van der Waals surface area contributed by atoms with Crippen LogP contribution in [0.2, 0.25) is 0 Å². The van der Waals surface area contributed by atoms with Crippen LogP contribution in [0.5, 0.6) is 0 Å². The van der Waals surface area contributed by atoms with E-state index in [1.54, 1.807) is 6.07 Å². The number of nitriles is 1. The summed E-state index contributed by atoms with van der Waals surface area (Å²) in [6.45, 7) is 1.53. The molecule has 1 heterocycles. The molecule has 1 aliphatic heterocycles. The lowest BCUT2D eigenvalue weighted by Gasteiger charge is -2.42. The zero-order valence-electron chi connectivity index (χ0n) is 16.0. The number of amides is 2. The Hall–Kier alpha value is -3.52. The maximum atomic E-state index is 13.2. The van der Waals surface area contributed by atoms with Gasteiger partial charge >= 0.3 is 12.2 Å². The zero-order valence-corrected chi connectivity index (χ0v) is 17.6. The van der Waals surface area contributed by atoms with E-state index in [0.29, 0.717) is 15.6 Å². The van der Waals surface area contributed by atoms with Gasteiger partial charge in [0.05, 0.1) is 22.9 Å². The number of allylic oxidation sites excluding steroid dienone is 1. The Kier molecular flexibility index (Phi) is 5.69. The van der Waals surface area contributed by atoms with Gasteiger partial charge in [-0.25, -0.2) is 4.79 Å². The Labute approximate surface area is 184 Å². The highest BCUT2D eigenvalue weighted by Gasteiger charge is 2.40. The van der Waals surface area contributed by atoms with Crippen molar-refractivity contribution in [3.63, 3.8) is 0 Å². The van der Waals surface area contributed by atoms with Crippen LogP contribution in [0.1, 0.15) is 29.7 Å². The zero-order chi connectivity index (χ0) is 23.1. The molecule has 2 aromatic carbocycles. The summed E-state index contributed by atoms with van der Waals surface area (Å²) >= 11 is 3.34. The molecule has 0 aromatic heterocycles. The van der Waals surface area contributed by atoms with Gasteiger partial charge in [0.2, 0.25) is 5.96 Å². The number of rotatable bonds is 2. The third-order valence-corrected chi connectivity index (χ3v) is 5.53. The first kappa shape index (κ1) is 22.2. The van der Waals surface area contributed by atoms with Gasteiger partial charge < -0.3 is 11.5 Å². The highest BCUT2D eigenvalue weighted by Crippen LogP contribution is 2.40. The average Bonchev–Trinajstić information content (AvgIpc) is 2.70. The molecule has 160 valence electrons. The molecule has 2 amide bonds. The molecular weight excluding hydrogens is 477 g/mol. The van der Waals surface area contributed by atoms with Gasteiger partial charge in [-0.1, -0.05) is 28.1 Å². The monoisotopic (exact) mass is 492 g/mol. The Bertz CT molecular complexity index is 1150. The first-order valence-electron chi connectivity index (χ1n) is 8.77. The topological polar surface area (TPSA) is 123 Å². The molecule has 2 aromatic rings. The molecule has 1 atom stereocenters. The van der Waals surface area contributed by atoms with Crippen LogP contribution < -0.4 is 16.4 Å². The van der Waals surface area contributed by atoms with E-state index in [1.807, 2.05) is 6.07 Å². The molecule has 5 N–H and O–H groups in total. The number of hydrogen-bond donors (Lipinski definition) is 3. The summed E-state index contributed by atoms with van der Waals surface area (Å²) < 4.78 is 40.0. The van der Waals surface area contributed by atoms with Crippen LogP contribution in [0.3, 0.4) is 0 Å². The molecule has 0 bridgehead atoms. The van der Waals surface area contributed by atoms with E-state index in [1.165, 1.54) is 31.2 Å². The lowest BCUT2D eigenvalue weighted by atomic mass is 9.97. The Morgan fingerprint density at radius 2 is 1.94 bits per heavy atom. The third kappa shape index (κ3) is 3.94. The quantitative estimate of drug-likeness (QED) is 0.574. The summed E-state index contributed by atoms with van der Waals surface area (Å²) in [5.74, 6) is -0.459. The summed E-state index contributed by atoms with van der Waals surface area (Å²) in [7, 11) is 0. The van der Waals surface area contributed by atoms with Crippen LogP contribution >= 0.6 is 15.9 Å². The predicted octanol–water partition coefficient (Wildman–Crippen LogP) is 4.41. The number of urea groups is 1. The largest absolute Gasteiger partial charge is 0.416 e. The van der Waals surface area contributed by atoms with E-state index >= 15 is 0 Å². The Morgan fingerprint density at radius 3 is 2.48 bits per heavy atom. The van der Waals surface area contributed by atoms with Crippen molar-refractivity contribution in [2.75, 3.05) is 4.90 Å². The first-order valence-corrected chi connectivity index (χ1v) is 9.57. The lowest BCUT2D eigenvalue weighted by Crippen LogP contribution is -2.55. The molecule has 31 heavy (non-hydrogen) atoms. The molecule has 0 unspecified atom stereocenters. The van der Waals surface area contributed by atoms with Gasteiger partial charge in [-0.05, 0) is 42.8 Å². The van der Waals surface area contributed by atoms with E-state index in [0.717, 1.165) is 21.9 Å². The van der Waals surface area contributed by atoms with Crippen LogP contribution in [0, 0.1) is 16.7 Å². The average molecular weight is 493 g/mol. The molecule has 11 heteroatoms. The van der Waals surface area contributed by atoms with Gasteiger partial charge in [0.1, 0.15) is 6.04 Å². The number of carbonyl (C=O) groups is 1. The second kappa shape index (κ2) is 7.96. The minimum absolute atomic E-state index is 0.00358. The summed E-state index contributed by atoms with van der Waals surface area (Å²) in [4.78, 5) is 14.3. The lowest BCUT2D eigenvalue weighted by molar-refractivity contribution is -0.137. The summed E-state index contributed by atoms with van der Waals surface area (Å²) in [5, 5.41) is 17.6. The Balaban J connectivity index is 2.19. The number of guanidine groups is 1. The van der Waals surface area contributed by atoms with Crippen molar-refractivity contribution in [1.29, 1.82) is 10.7 Å². The number of carbonyl (C=O) groups excluding carboxylic acids is 1.